The number of ether oxygens (including phenoxy) is 1. The summed E-state index contributed by atoms with van der Waals surface area (Å²) in [4.78, 5) is 9.94. The number of rotatable bonds is 15. The average molecular weight is 272 g/mol. The smallest absolute Gasteiger partial charge is 0.293 e. The molecule has 0 fully saturated rings. The van der Waals surface area contributed by atoms with Crippen molar-refractivity contribution in [3.05, 3.63) is 0 Å². The fourth-order valence-electron chi connectivity index (χ4n) is 2.28. The Bertz CT molecular complexity index is 183. The van der Waals surface area contributed by atoms with Crippen molar-refractivity contribution in [1.82, 2.24) is 0 Å². The van der Waals surface area contributed by atoms with Crippen LogP contribution >= 0.6 is 0 Å². The summed E-state index contributed by atoms with van der Waals surface area (Å²) in [5.41, 5.74) is 0. The third-order valence-electron chi connectivity index (χ3n) is 3.50. The number of aliphatic hydroxyl groups excluding tert-OH is 1. The quantitative estimate of drug-likeness (QED) is 0.358. The highest BCUT2D eigenvalue weighted by molar-refractivity contribution is 5.36. The number of carbonyl (C=O) groups is 1. The van der Waals surface area contributed by atoms with Gasteiger partial charge in [0, 0.05) is 0 Å². The first kappa shape index (κ1) is 18.4. The van der Waals surface area contributed by atoms with Crippen LogP contribution in [0, 0.1) is 0 Å². The summed E-state index contributed by atoms with van der Waals surface area (Å²) in [5, 5.41) is 9.44. The fraction of sp³-hybridized carbons (Fsp3) is 0.938. The predicted molar refractivity (Wildman–Crippen MR) is 79.1 cm³/mol. The van der Waals surface area contributed by atoms with Crippen LogP contribution < -0.4 is 0 Å². The summed E-state index contributed by atoms with van der Waals surface area (Å²) in [7, 11) is 0. The lowest BCUT2D eigenvalue weighted by molar-refractivity contribution is -0.131. The molecule has 1 N–H and O–H groups in total. The number of unbranched alkanes of at least 4 members (excludes halogenated alkanes) is 10. The number of hydrogen-bond acceptors (Lipinski definition) is 3. The Kier molecular flexibility index (Phi) is 15.0. The second-order valence-electron chi connectivity index (χ2n) is 5.41. The van der Waals surface area contributed by atoms with Crippen molar-refractivity contribution in [2.75, 3.05) is 6.61 Å². The molecule has 0 radical (unpaired) electrons. The highest BCUT2D eigenvalue weighted by Crippen LogP contribution is 2.12. The SMILES string of the molecule is CCCCCCCCCCCCCC(O)COC=O. The summed E-state index contributed by atoms with van der Waals surface area (Å²) in [6.45, 7) is 2.78. The molecule has 19 heavy (non-hydrogen) atoms. The van der Waals surface area contributed by atoms with Gasteiger partial charge in [-0.3, -0.25) is 4.79 Å². The van der Waals surface area contributed by atoms with Crippen molar-refractivity contribution in [2.24, 2.45) is 0 Å². The van der Waals surface area contributed by atoms with Crippen molar-refractivity contribution in [1.29, 1.82) is 0 Å². The minimum atomic E-state index is -0.483. The van der Waals surface area contributed by atoms with E-state index in [2.05, 4.69) is 11.7 Å². The first-order valence-electron chi connectivity index (χ1n) is 8.04. The molecule has 0 aromatic rings. The van der Waals surface area contributed by atoms with E-state index in [4.69, 9.17) is 0 Å². The van der Waals surface area contributed by atoms with Crippen molar-refractivity contribution in [3.63, 3.8) is 0 Å². The lowest BCUT2D eigenvalue weighted by atomic mass is 10.0. The molecule has 0 bridgehead atoms. The van der Waals surface area contributed by atoms with E-state index in [1.54, 1.807) is 0 Å². The van der Waals surface area contributed by atoms with Crippen molar-refractivity contribution in [2.45, 2.75) is 90.1 Å². The van der Waals surface area contributed by atoms with Gasteiger partial charge >= 0.3 is 0 Å². The summed E-state index contributed by atoms with van der Waals surface area (Å²) in [5.74, 6) is 0. The van der Waals surface area contributed by atoms with Gasteiger partial charge in [0.25, 0.3) is 6.47 Å². The maximum atomic E-state index is 9.94. The molecule has 0 saturated carbocycles. The van der Waals surface area contributed by atoms with E-state index >= 15 is 0 Å². The Hall–Kier alpha value is -0.570. The Morgan fingerprint density at radius 1 is 0.895 bits per heavy atom. The van der Waals surface area contributed by atoms with Gasteiger partial charge in [0.15, 0.2) is 0 Å². The van der Waals surface area contributed by atoms with Gasteiger partial charge in [-0.1, -0.05) is 77.6 Å². The maximum Gasteiger partial charge on any atom is 0.293 e. The monoisotopic (exact) mass is 272 g/mol. The fourth-order valence-corrected chi connectivity index (χ4v) is 2.28. The third-order valence-corrected chi connectivity index (χ3v) is 3.50. The van der Waals surface area contributed by atoms with E-state index in [0.717, 1.165) is 12.8 Å². The van der Waals surface area contributed by atoms with Crippen LogP contribution in [0.2, 0.25) is 0 Å². The average Bonchev–Trinajstić information content (AvgIpc) is 2.42. The molecule has 3 nitrogen and oxygen atoms in total. The third kappa shape index (κ3) is 15.4. The normalized spacial score (nSPS) is 12.3. The van der Waals surface area contributed by atoms with Gasteiger partial charge < -0.3 is 9.84 Å². The molecule has 0 aliphatic rings. The Morgan fingerprint density at radius 2 is 1.37 bits per heavy atom. The topological polar surface area (TPSA) is 46.5 Å². The minimum absolute atomic E-state index is 0.140. The molecule has 0 aromatic carbocycles. The van der Waals surface area contributed by atoms with Crippen molar-refractivity contribution < 1.29 is 14.6 Å². The molecule has 0 aromatic heterocycles. The molecule has 0 rings (SSSR count). The molecular weight excluding hydrogens is 240 g/mol. The standard InChI is InChI=1S/C16H32O3/c1-2-3-4-5-6-7-8-9-10-11-12-13-16(18)14-19-15-17/h15-16,18H,2-14H2,1H3. The van der Waals surface area contributed by atoms with Gasteiger partial charge in [0.1, 0.15) is 6.61 Å². The van der Waals surface area contributed by atoms with Gasteiger partial charge in [-0.05, 0) is 6.42 Å². The molecular formula is C16H32O3. The summed E-state index contributed by atoms with van der Waals surface area (Å²) in [6, 6.07) is 0. The Balaban J connectivity index is 3.04. The number of aliphatic hydroxyl groups is 1. The molecule has 1 unspecified atom stereocenters. The van der Waals surface area contributed by atoms with Crippen LogP contribution in [0.1, 0.15) is 84.0 Å². The molecule has 0 heterocycles. The van der Waals surface area contributed by atoms with Gasteiger partial charge in [0.05, 0.1) is 6.10 Å². The van der Waals surface area contributed by atoms with Crippen LogP contribution in [0.3, 0.4) is 0 Å². The molecule has 0 spiro atoms. The molecule has 3 heteroatoms. The van der Waals surface area contributed by atoms with Gasteiger partial charge in [-0.2, -0.15) is 0 Å². The highest BCUT2D eigenvalue weighted by Gasteiger charge is 2.03. The second-order valence-corrected chi connectivity index (χ2v) is 5.41. The largest absolute Gasteiger partial charge is 0.465 e. The Labute approximate surface area is 118 Å². The predicted octanol–water partition coefficient (Wildman–Crippen LogP) is 4.22. The maximum absolute atomic E-state index is 9.94. The Morgan fingerprint density at radius 3 is 1.84 bits per heavy atom. The number of carbonyl (C=O) groups excluding carboxylic acids is 1. The van der Waals surface area contributed by atoms with E-state index in [0.29, 0.717) is 6.47 Å². The zero-order valence-corrected chi connectivity index (χ0v) is 12.6. The first-order chi connectivity index (χ1) is 9.31. The van der Waals surface area contributed by atoms with Crippen LogP contribution in [0.5, 0.6) is 0 Å². The van der Waals surface area contributed by atoms with Gasteiger partial charge in [-0.15, -0.1) is 0 Å². The van der Waals surface area contributed by atoms with E-state index in [1.807, 2.05) is 0 Å². The zero-order chi connectivity index (χ0) is 14.2. The van der Waals surface area contributed by atoms with Crippen LogP contribution in [-0.4, -0.2) is 24.3 Å². The molecule has 0 saturated heterocycles. The molecule has 0 aliphatic carbocycles. The van der Waals surface area contributed by atoms with Gasteiger partial charge in [-0.25, -0.2) is 0 Å². The molecule has 0 amide bonds. The van der Waals surface area contributed by atoms with Crippen LogP contribution in [0.15, 0.2) is 0 Å². The van der Waals surface area contributed by atoms with E-state index in [1.165, 1.54) is 64.2 Å². The number of hydrogen-bond donors (Lipinski definition) is 1. The first-order valence-corrected chi connectivity index (χ1v) is 8.04. The van der Waals surface area contributed by atoms with E-state index in [-0.39, 0.29) is 6.61 Å². The van der Waals surface area contributed by atoms with Crippen LogP contribution in [0.25, 0.3) is 0 Å². The van der Waals surface area contributed by atoms with Crippen molar-refractivity contribution >= 4 is 6.47 Å². The van der Waals surface area contributed by atoms with Crippen molar-refractivity contribution in [3.8, 4) is 0 Å². The highest BCUT2D eigenvalue weighted by atomic mass is 16.5. The summed E-state index contributed by atoms with van der Waals surface area (Å²) < 4.78 is 4.52. The lowest BCUT2D eigenvalue weighted by Crippen LogP contribution is -2.14. The molecule has 1 atom stereocenters. The second kappa shape index (κ2) is 15.5. The molecule has 114 valence electrons. The van der Waals surface area contributed by atoms with Crippen LogP contribution in [-0.2, 0) is 9.53 Å². The lowest BCUT2D eigenvalue weighted by Gasteiger charge is -2.08. The van der Waals surface area contributed by atoms with E-state index < -0.39 is 6.10 Å². The van der Waals surface area contributed by atoms with Gasteiger partial charge in [0.2, 0.25) is 0 Å². The summed E-state index contributed by atoms with van der Waals surface area (Å²) >= 11 is 0. The van der Waals surface area contributed by atoms with E-state index in [9.17, 15) is 9.90 Å². The minimum Gasteiger partial charge on any atom is -0.465 e. The zero-order valence-electron chi connectivity index (χ0n) is 12.6. The van der Waals surface area contributed by atoms with Crippen LogP contribution in [0.4, 0.5) is 0 Å². The summed E-state index contributed by atoms with van der Waals surface area (Å²) in [6.07, 6.45) is 14.7. The molecule has 0 aliphatic heterocycles.